The number of hydrogen-bond donors (Lipinski definition) is 1. The lowest BCUT2D eigenvalue weighted by Gasteiger charge is -2.20. The zero-order chi connectivity index (χ0) is 15.2. The van der Waals surface area contributed by atoms with E-state index in [1.54, 1.807) is 27.9 Å². The van der Waals surface area contributed by atoms with Gasteiger partial charge in [-0.25, -0.2) is 8.42 Å². The van der Waals surface area contributed by atoms with Crippen molar-refractivity contribution in [2.75, 3.05) is 26.0 Å². The molecule has 0 aliphatic carbocycles. The second kappa shape index (κ2) is 7.24. The molecule has 116 valence electrons. The average molecular weight is 302 g/mol. The van der Waals surface area contributed by atoms with E-state index in [1.165, 1.54) is 0 Å². The summed E-state index contributed by atoms with van der Waals surface area (Å²) in [6, 6.07) is 3.94. The summed E-state index contributed by atoms with van der Waals surface area (Å²) in [5.74, 6) is 0.163. The van der Waals surface area contributed by atoms with Gasteiger partial charge in [0.15, 0.2) is 9.84 Å². The molecule has 0 saturated heterocycles. The second-order valence-corrected chi connectivity index (χ2v) is 8.66. The summed E-state index contributed by atoms with van der Waals surface area (Å²) in [7, 11) is -1.41. The Bertz CT molecular complexity index is 501. The van der Waals surface area contributed by atoms with E-state index >= 15 is 0 Å². The van der Waals surface area contributed by atoms with Crippen LogP contribution >= 0.6 is 0 Å². The van der Waals surface area contributed by atoms with Crippen molar-refractivity contribution in [3.05, 3.63) is 24.0 Å². The van der Waals surface area contributed by atoms with Crippen molar-refractivity contribution in [1.82, 2.24) is 9.88 Å². The number of nitrogens with one attached hydrogen (secondary N) is 1. The first-order valence-electron chi connectivity index (χ1n) is 6.84. The van der Waals surface area contributed by atoms with E-state index in [0.717, 1.165) is 12.2 Å². The van der Waals surface area contributed by atoms with Crippen LogP contribution in [-0.4, -0.2) is 43.7 Å². The first kappa shape index (κ1) is 17.2. The largest absolute Gasteiger partial charge is 0.383 e. The van der Waals surface area contributed by atoms with Gasteiger partial charge in [-0.3, -0.25) is 0 Å². The van der Waals surface area contributed by atoms with E-state index in [2.05, 4.69) is 5.32 Å². The predicted molar refractivity (Wildman–Crippen MR) is 81.6 cm³/mol. The van der Waals surface area contributed by atoms with Crippen molar-refractivity contribution in [1.29, 1.82) is 0 Å². The van der Waals surface area contributed by atoms with Crippen LogP contribution in [0.1, 0.15) is 26.5 Å². The highest BCUT2D eigenvalue weighted by Crippen LogP contribution is 2.16. The van der Waals surface area contributed by atoms with E-state index in [-0.39, 0.29) is 5.75 Å². The van der Waals surface area contributed by atoms with Gasteiger partial charge in [0.1, 0.15) is 0 Å². The molecule has 1 N–H and O–H groups in total. The van der Waals surface area contributed by atoms with Gasteiger partial charge in [-0.05, 0) is 32.9 Å². The van der Waals surface area contributed by atoms with Gasteiger partial charge in [0.25, 0.3) is 0 Å². The fourth-order valence-corrected chi connectivity index (χ4v) is 2.79. The van der Waals surface area contributed by atoms with E-state index in [9.17, 15) is 8.42 Å². The van der Waals surface area contributed by atoms with E-state index in [1.807, 2.05) is 22.9 Å². The van der Waals surface area contributed by atoms with Gasteiger partial charge >= 0.3 is 0 Å². The highest BCUT2D eigenvalue weighted by atomic mass is 32.2. The minimum Gasteiger partial charge on any atom is -0.383 e. The van der Waals surface area contributed by atoms with Crippen LogP contribution in [0, 0.1) is 0 Å². The van der Waals surface area contributed by atoms with Crippen LogP contribution in [0.4, 0.5) is 0 Å². The molecule has 0 aromatic carbocycles. The Labute approximate surface area is 122 Å². The Kier molecular flexibility index (Phi) is 6.23. The van der Waals surface area contributed by atoms with Gasteiger partial charge in [-0.1, -0.05) is 0 Å². The molecule has 6 heteroatoms. The monoisotopic (exact) mass is 302 g/mol. The molecular formula is C14H26N2O3S. The number of hydrogen-bond acceptors (Lipinski definition) is 4. The molecule has 0 fully saturated rings. The molecule has 0 aliphatic heterocycles. The lowest BCUT2D eigenvalue weighted by Crippen LogP contribution is -2.32. The lowest BCUT2D eigenvalue weighted by molar-refractivity contribution is 0.199. The Hall–Kier alpha value is -0.850. The molecule has 0 bridgehead atoms. The fraction of sp³-hybridized carbons (Fsp3) is 0.714. The topological polar surface area (TPSA) is 60.3 Å². The van der Waals surface area contributed by atoms with Gasteiger partial charge in [0.2, 0.25) is 0 Å². The standard InChI is InChI=1S/C14H26N2O3S/c1-14(2,3)20(17,18)11-9-16-8-5-6-13(16)12-15-7-10-19-4/h5-6,8,15H,7,9-12H2,1-4H3. The van der Waals surface area contributed by atoms with Crippen molar-refractivity contribution in [3.8, 4) is 0 Å². The van der Waals surface area contributed by atoms with Crippen LogP contribution in [0.25, 0.3) is 0 Å². The molecule has 20 heavy (non-hydrogen) atoms. The summed E-state index contributed by atoms with van der Waals surface area (Å²) in [5, 5.41) is 3.26. The molecule has 0 amide bonds. The van der Waals surface area contributed by atoms with Crippen LogP contribution in [0.2, 0.25) is 0 Å². The zero-order valence-electron chi connectivity index (χ0n) is 12.8. The maximum atomic E-state index is 12.1. The smallest absolute Gasteiger partial charge is 0.156 e. The maximum Gasteiger partial charge on any atom is 0.156 e. The summed E-state index contributed by atoms with van der Waals surface area (Å²) >= 11 is 0. The number of sulfone groups is 1. The van der Waals surface area contributed by atoms with Gasteiger partial charge in [-0.2, -0.15) is 0 Å². The van der Waals surface area contributed by atoms with E-state index in [0.29, 0.717) is 19.7 Å². The SMILES string of the molecule is COCCNCc1cccn1CCS(=O)(=O)C(C)(C)C. The number of rotatable bonds is 8. The molecule has 0 spiro atoms. The van der Waals surface area contributed by atoms with E-state index < -0.39 is 14.6 Å². The van der Waals surface area contributed by atoms with E-state index in [4.69, 9.17) is 4.74 Å². The van der Waals surface area contributed by atoms with Crippen molar-refractivity contribution in [2.45, 2.75) is 38.6 Å². The van der Waals surface area contributed by atoms with Gasteiger partial charge in [-0.15, -0.1) is 0 Å². The van der Waals surface area contributed by atoms with Crippen molar-refractivity contribution in [2.24, 2.45) is 0 Å². The van der Waals surface area contributed by atoms with Crippen LogP contribution in [0.5, 0.6) is 0 Å². The van der Waals surface area contributed by atoms with Crippen molar-refractivity contribution < 1.29 is 13.2 Å². The molecule has 1 aromatic rings. The molecule has 1 aromatic heterocycles. The number of methoxy groups -OCH3 is 1. The summed E-state index contributed by atoms with van der Waals surface area (Å²) in [6.45, 7) is 7.88. The first-order chi connectivity index (χ1) is 9.28. The molecular weight excluding hydrogens is 276 g/mol. The number of aromatic nitrogens is 1. The molecule has 0 atom stereocenters. The Morgan fingerprint density at radius 2 is 2.05 bits per heavy atom. The molecule has 1 heterocycles. The normalized spacial score (nSPS) is 12.8. The molecule has 0 aliphatic rings. The van der Waals surface area contributed by atoms with Crippen LogP contribution in [0.3, 0.4) is 0 Å². The lowest BCUT2D eigenvalue weighted by atomic mass is 10.3. The molecule has 0 saturated carbocycles. The Morgan fingerprint density at radius 1 is 1.35 bits per heavy atom. The predicted octanol–water partition coefficient (Wildman–Crippen LogP) is 1.44. The highest BCUT2D eigenvalue weighted by molar-refractivity contribution is 7.92. The third kappa shape index (κ3) is 4.92. The van der Waals surface area contributed by atoms with Crippen molar-refractivity contribution >= 4 is 9.84 Å². The molecule has 0 unspecified atom stereocenters. The van der Waals surface area contributed by atoms with Crippen molar-refractivity contribution in [3.63, 3.8) is 0 Å². The molecule has 5 nitrogen and oxygen atoms in total. The zero-order valence-corrected chi connectivity index (χ0v) is 13.7. The summed E-state index contributed by atoms with van der Waals surface area (Å²) in [6.07, 6.45) is 1.92. The first-order valence-corrected chi connectivity index (χ1v) is 8.49. The molecule has 1 rings (SSSR count). The number of aryl methyl sites for hydroxylation is 1. The Morgan fingerprint density at radius 3 is 2.65 bits per heavy atom. The number of ether oxygens (including phenoxy) is 1. The molecule has 0 radical (unpaired) electrons. The van der Waals surface area contributed by atoms with Crippen LogP contribution in [-0.2, 0) is 27.7 Å². The summed E-state index contributed by atoms with van der Waals surface area (Å²) in [5.41, 5.74) is 1.09. The average Bonchev–Trinajstić information content (AvgIpc) is 2.78. The highest BCUT2D eigenvalue weighted by Gasteiger charge is 2.28. The summed E-state index contributed by atoms with van der Waals surface area (Å²) < 4.78 is 30.5. The summed E-state index contributed by atoms with van der Waals surface area (Å²) in [4.78, 5) is 0. The fourth-order valence-electron chi connectivity index (χ4n) is 1.74. The maximum absolute atomic E-state index is 12.1. The minimum absolute atomic E-state index is 0.163. The third-order valence-electron chi connectivity index (χ3n) is 3.25. The van der Waals surface area contributed by atoms with Crippen LogP contribution in [0.15, 0.2) is 18.3 Å². The quantitative estimate of drug-likeness (QED) is 0.738. The minimum atomic E-state index is -3.08. The van der Waals surface area contributed by atoms with Crippen LogP contribution < -0.4 is 5.32 Å². The Balaban J connectivity index is 2.55. The van der Waals surface area contributed by atoms with Gasteiger partial charge in [0.05, 0.1) is 17.1 Å². The van der Waals surface area contributed by atoms with Gasteiger partial charge < -0.3 is 14.6 Å². The number of nitrogens with zero attached hydrogens (tertiary/aromatic N) is 1. The third-order valence-corrected chi connectivity index (χ3v) is 5.83. The second-order valence-electron chi connectivity index (χ2n) is 5.79. The van der Waals surface area contributed by atoms with Gasteiger partial charge in [0, 0.05) is 38.6 Å².